The maximum absolute atomic E-state index is 5.90. The molecule has 0 radical (unpaired) electrons. The van der Waals surface area contributed by atoms with E-state index in [-0.39, 0.29) is 0 Å². The van der Waals surface area contributed by atoms with Crippen molar-refractivity contribution in [3.8, 4) is 0 Å². The maximum Gasteiger partial charge on any atom is 0.0960 e. The number of halogens is 1. The lowest BCUT2D eigenvalue weighted by Crippen LogP contribution is -2.03. The van der Waals surface area contributed by atoms with Gasteiger partial charge in [0, 0.05) is 29.2 Å². The van der Waals surface area contributed by atoms with Crippen LogP contribution in [0, 0.1) is 0 Å². The van der Waals surface area contributed by atoms with Gasteiger partial charge in [-0.15, -0.1) is 11.8 Å². The van der Waals surface area contributed by atoms with E-state index >= 15 is 0 Å². The van der Waals surface area contributed by atoms with Gasteiger partial charge in [-0.05, 0) is 30.3 Å². The molecule has 0 bridgehead atoms. The van der Waals surface area contributed by atoms with Crippen molar-refractivity contribution in [1.29, 1.82) is 0 Å². The molecule has 0 saturated carbocycles. The zero-order valence-electron chi connectivity index (χ0n) is 9.27. The number of aromatic nitrogens is 1. The molecule has 0 saturated heterocycles. The molecule has 17 heavy (non-hydrogen) atoms. The van der Waals surface area contributed by atoms with Crippen LogP contribution in [-0.4, -0.2) is 17.3 Å². The third kappa shape index (κ3) is 4.29. The second kappa shape index (κ2) is 6.52. The molecule has 1 aromatic carbocycles. The quantitative estimate of drug-likeness (QED) is 0.654. The van der Waals surface area contributed by atoms with Crippen molar-refractivity contribution in [2.24, 2.45) is 0 Å². The largest absolute Gasteiger partial charge is 0.384 e. The predicted octanol–water partition coefficient (Wildman–Crippen LogP) is 3.94. The van der Waals surface area contributed by atoms with Gasteiger partial charge < -0.3 is 5.32 Å². The molecule has 2 aromatic rings. The lowest BCUT2D eigenvalue weighted by Gasteiger charge is -2.06. The molecule has 0 fully saturated rings. The van der Waals surface area contributed by atoms with Crippen LogP contribution in [0.2, 0.25) is 5.02 Å². The van der Waals surface area contributed by atoms with E-state index in [1.54, 1.807) is 11.8 Å². The number of hydrogen-bond acceptors (Lipinski definition) is 3. The van der Waals surface area contributed by atoms with Crippen molar-refractivity contribution in [2.45, 2.75) is 5.03 Å². The molecule has 1 N–H and O–H groups in total. The zero-order valence-corrected chi connectivity index (χ0v) is 10.8. The molecule has 88 valence electrons. The third-order valence-corrected chi connectivity index (χ3v) is 3.32. The van der Waals surface area contributed by atoms with Crippen LogP contribution in [0.25, 0.3) is 0 Å². The number of nitrogens with one attached hydrogen (secondary N) is 1. The lowest BCUT2D eigenvalue weighted by molar-refractivity contribution is 1.12. The molecule has 0 aliphatic heterocycles. The van der Waals surface area contributed by atoms with Crippen molar-refractivity contribution in [1.82, 2.24) is 4.98 Å². The second-order valence-electron chi connectivity index (χ2n) is 3.45. The van der Waals surface area contributed by atoms with Gasteiger partial charge in [-0.1, -0.05) is 23.7 Å². The van der Waals surface area contributed by atoms with E-state index in [0.29, 0.717) is 0 Å². The van der Waals surface area contributed by atoms with Crippen molar-refractivity contribution in [3.05, 3.63) is 53.7 Å². The minimum Gasteiger partial charge on any atom is -0.384 e. The monoisotopic (exact) mass is 264 g/mol. The normalized spacial score (nSPS) is 10.2. The van der Waals surface area contributed by atoms with Gasteiger partial charge in [0.05, 0.1) is 5.03 Å². The lowest BCUT2D eigenvalue weighted by atomic mass is 10.3. The van der Waals surface area contributed by atoms with Crippen LogP contribution in [0.3, 0.4) is 0 Å². The van der Waals surface area contributed by atoms with Crippen LogP contribution in [0.4, 0.5) is 5.69 Å². The first-order chi connectivity index (χ1) is 8.34. The first-order valence-electron chi connectivity index (χ1n) is 5.38. The van der Waals surface area contributed by atoms with Gasteiger partial charge in [-0.2, -0.15) is 0 Å². The van der Waals surface area contributed by atoms with Crippen molar-refractivity contribution in [3.63, 3.8) is 0 Å². The maximum atomic E-state index is 5.90. The molecule has 4 heteroatoms. The average Bonchev–Trinajstić information content (AvgIpc) is 2.36. The highest BCUT2D eigenvalue weighted by Crippen LogP contribution is 2.16. The Kier molecular flexibility index (Phi) is 4.71. The summed E-state index contributed by atoms with van der Waals surface area (Å²) in [7, 11) is 0. The van der Waals surface area contributed by atoms with Gasteiger partial charge in [0.2, 0.25) is 0 Å². The minimum atomic E-state index is 0.757. The molecule has 0 aliphatic carbocycles. The number of rotatable bonds is 5. The number of pyridine rings is 1. The summed E-state index contributed by atoms with van der Waals surface area (Å²) in [5.41, 5.74) is 1.05. The first-order valence-corrected chi connectivity index (χ1v) is 6.74. The predicted molar refractivity (Wildman–Crippen MR) is 74.9 cm³/mol. The summed E-state index contributed by atoms with van der Waals surface area (Å²) in [6, 6.07) is 13.7. The SMILES string of the molecule is Clc1cccc(NCCSc2ccccn2)c1. The standard InChI is InChI=1S/C13H13ClN2S/c14-11-4-3-5-12(10-11)15-8-9-17-13-6-1-2-7-16-13/h1-7,10,15H,8-9H2. The molecule has 0 unspecified atom stereocenters. The topological polar surface area (TPSA) is 24.9 Å². The van der Waals surface area contributed by atoms with Crippen LogP contribution >= 0.6 is 23.4 Å². The van der Waals surface area contributed by atoms with E-state index in [9.17, 15) is 0 Å². The van der Waals surface area contributed by atoms with Gasteiger partial charge in [0.1, 0.15) is 0 Å². The Morgan fingerprint density at radius 1 is 1.18 bits per heavy atom. The summed E-state index contributed by atoms with van der Waals surface area (Å²) >= 11 is 7.64. The average molecular weight is 265 g/mol. The number of anilines is 1. The summed E-state index contributed by atoms with van der Waals surface area (Å²) in [4.78, 5) is 4.25. The van der Waals surface area contributed by atoms with E-state index in [2.05, 4.69) is 10.3 Å². The molecule has 0 spiro atoms. The van der Waals surface area contributed by atoms with E-state index in [1.165, 1.54) is 0 Å². The van der Waals surface area contributed by atoms with Crippen LogP contribution in [0.5, 0.6) is 0 Å². The van der Waals surface area contributed by atoms with Gasteiger partial charge in [0.25, 0.3) is 0 Å². The van der Waals surface area contributed by atoms with Crippen molar-refractivity contribution in [2.75, 3.05) is 17.6 Å². The van der Waals surface area contributed by atoms with E-state index in [4.69, 9.17) is 11.6 Å². The van der Waals surface area contributed by atoms with Gasteiger partial charge in [-0.25, -0.2) is 4.98 Å². The van der Waals surface area contributed by atoms with Crippen LogP contribution in [0.15, 0.2) is 53.7 Å². The highest BCUT2D eigenvalue weighted by atomic mass is 35.5. The number of nitrogens with zero attached hydrogens (tertiary/aromatic N) is 1. The van der Waals surface area contributed by atoms with Gasteiger partial charge in [0.15, 0.2) is 0 Å². The van der Waals surface area contributed by atoms with E-state index in [0.717, 1.165) is 28.0 Å². The van der Waals surface area contributed by atoms with Crippen molar-refractivity contribution >= 4 is 29.1 Å². The van der Waals surface area contributed by atoms with E-state index < -0.39 is 0 Å². The molecule has 0 atom stereocenters. The smallest absolute Gasteiger partial charge is 0.0960 e. The molecule has 2 nitrogen and oxygen atoms in total. The van der Waals surface area contributed by atoms with Gasteiger partial charge >= 0.3 is 0 Å². The number of thioether (sulfide) groups is 1. The van der Waals surface area contributed by atoms with Crippen molar-refractivity contribution < 1.29 is 0 Å². The Morgan fingerprint density at radius 3 is 2.88 bits per heavy atom. The highest BCUT2D eigenvalue weighted by Gasteiger charge is 1.95. The molecular weight excluding hydrogens is 252 g/mol. The molecule has 0 amide bonds. The summed E-state index contributed by atoms with van der Waals surface area (Å²) < 4.78 is 0. The molecule has 2 rings (SSSR count). The Morgan fingerprint density at radius 2 is 2.12 bits per heavy atom. The fourth-order valence-corrected chi connectivity index (χ4v) is 2.30. The second-order valence-corrected chi connectivity index (χ2v) is 5.01. The Hall–Kier alpha value is -1.19. The number of benzene rings is 1. The molecular formula is C13H13ClN2S. The Balaban J connectivity index is 1.73. The summed E-state index contributed by atoms with van der Waals surface area (Å²) in [6.07, 6.45) is 1.81. The van der Waals surface area contributed by atoms with Crippen LogP contribution in [0.1, 0.15) is 0 Å². The zero-order chi connectivity index (χ0) is 11.9. The van der Waals surface area contributed by atoms with Crippen LogP contribution in [-0.2, 0) is 0 Å². The molecule has 1 aromatic heterocycles. The third-order valence-electron chi connectivity index (χ3n) is 2.14. The van der Waals surface area contributed by atoms with Crippen LogP contribution < -0.4 is 5.32 Å². The Labute approximate surface area is 110 Å². The number of hydrogen-bond donors (Lipinski definition) is 1. The summed E-state index contributed by atoms with van der Waals surface area (Å²) in [5, 5.41) is 5.14. The Bertz CT molecular complexity index is 462. The summed E-state index contributed by atoms with van der Waals surface area (Å²) in [6.45, 7) is 0.890. The summed E-state index contributed by atoms with van der Waals surface area (Å²) in [5.74, 6) is 0.976. The minimum absolute atomic E-state index is 0.757. The highest BCUT2D eigenvalue weighted by molar-refractivity contribution is 7.99. The first kappa shape index (κ1) is 12.3. The fraction of sp³-hybridized carbons (Fsp3) is 0.154. The molecule has 0 aliphatic rings. The van der Waals surface area contributed by atoms with E-state index in [1.807, 2.05) is 48.7 Å². The van der Waals surface area contributed by atoms with Gasteiger partial charge in [-0.3, -0.25) is 0 Å². The molecule has 1 heterocycles. The fourth-order valence-electron chi connectivity index (χ4n) is 1.38.